The van der Waals surface area contributed by atoms with Crippen molar-refractivity contribution in [1.29, 1.82) is 0 Å². The maximum Gasteiger partial charge on any atom is 0.326 e. The van der Waals surface area contributed by atoms with Crippen LogP contribution < -0.4 is 27.8 Å². The van der Waals surface area contributed by atoms with Gasteiger partial charge in [-0.25, -0.2) is 4.79 Å². The molecule has 0 radical (unpaired) electrons. The molecule has 0 bridgehead atoms. The second kappa shape index (κ2) is 12.8. The van der Waals surface area contributed by atoms with Gasteiger partial charge in [0.15, 0.2) is 5.96 Å². The van der Waals surface area contributed by atoms with Crippen LogP contribution in [-0.2, 0) is 19.2 Å². The van der Waals surface area contributed by atoms with Gasteiger partial charge in [-0.1, -0.05) is 20.3 Å². The van der Waals surface area contributed by atoms with Crippen LogP contribution in [0.2, 0.25) is 0 Å². The molecule has 1 aliphatic rings. The Balaban J connectivity index is 2.83. The van der Waals surface area contributed by atoms with Gasteiger partial charge in [-0.15, -0.1) is 0 Å². The van der Waals surface area contributed by atoms with Crippen LogP contribution in [0.1, 0.15) is 52.9 Å². The first kappa shape index (κ1) is 27.1. The third-order valence-corrected chi connectivity index (χ3v) is 5.69. The van der Waals surface area contributed by atoms with Crippen molar-refractivity contribution in [2.45, 2.75) is 77.0 Å². The maximum absolute atomic E-state index is 12.9. The highest BCUT2D eigenvalue weighted by atomic mass is 16.4. The number of hydrogen-bond acceptors (Lipinski definition) is 6. The molecule has 1 fully saturated rings. The van der Waals surface area contributed by atoms with Crippen molar-refractivity contribution in [3.05, 3.63) is 0 Å². The van der Waals surface area contributed by atoms with Crippen molar-refractivity contribution in [2.24, 2.45) is 28.1 Å². The van der Waals surface area contributed by atoms with E-state index in [1.54, 1.807) is 0 Å². The van der Waals surface area contributed by atoms with Crippen LogP contribution in [0.4, 0.5) is 0 Å². The molecule has 5 unspecified atom stereocenters. The number of carboxylic acids is 1. The molecule has 32 heavy (non-hydrogen) atoms. The van der Waals surface area contributed by atoms with Crippen molar-refractivity contribution in [3.8, 4) is 0 Å². The van der Waals surface area contributed by atoms with Crippen molar-refractivity contribution in [1.82, 2.24) is 15.5 Å². The van der Waals surface area contributed by atoms with E-state index in [0.29, 0.717) is 32.2 Å². The van der Waals surface area contributed by atoms with E-state index in [-0.39, 0.29) is 24.8 Å². The minimum absolute atomic E-state index is 0.0772. The molecule has 1 rings (SSSR count). The lowest BCUT2D eigenvalue weighted by atomic mass is 9.98. The zero-order valence-electron chi connectivity index (χ0n) is 19.0. The van der Waals surface area contributed by atoms with Crippen LogP contribution in [0, 0.1) is 5.92 Å². The van der Waals surface area contributed by atoms with Gasteiger partial charge in [-0.05, 0) is 38.5 Å². The monoisotopic (exact) mass is 455 g/mol. The first-order valence-corrected chi connectivity index (χ1v) is 10.9. The Labute approximate surface area is 188 Å². The Kier molecular flexibility index (Phi) is 10.9. The van der Waals surface area contributed by atoms with Crippen LogP contribution in [0.5, 0.6) is 0 Å². The number of carbonyl (C=O) groups excluding carboxylic acids is 3. The molecule has 0 spiro atoms. The van der Waals surface area contributed by atoms with Gasteiger partial charge in [0.1, 0.15) is 18.1 Å². The number of nitrogens with one attached hydrogen (secondary N) is 2. The number of nitrogens with two attached hydrogens (primary N) is 3. The van der Waals surface area contributed by atoms with Crippen molar-refractivity contribution < 1.29 is 24.3 Å². The van der Waals surface area contributed by atoms with Gasteiger partial charge in [0.25, 0.3) is 0 Å². The topological polar surface area (TPSA) is 206 Å². The number of nitrogens with zero attached hydrogens (tertiary/aromatic N) is 2. The molecule has 3 amide bonds. The molecule has 0 saturated carbocycles. The largest absolute Gasteiger partial charge is 0.480 e. The summed E-state index contributed by atoms with van der Waals surface area (Å²) in [5.74, 6) is -2.74. The summed E-state index contributed by atoms with van der Waals surface area (Å²) < 4.78 is 0. The minimum Gasteiger partial charge on any atom is -0.480 e. The fraction of sp³-hybridized carbons (Fsp3) is 0.750. The van der Waals surface area contributed by atoms with E-state index in [1.807, 2.05) is 13.8 Å². The van der Waals surface area contributed by atoms with Gasteiger partial charge in [0, 0.05) is 13.1 Å². The van der Waals surface area contributed by atoms with Gasteiger partial charge in [-0.3, -0.25) is 19.4 Å². The molecule has 0 aromatic carbocycles. The third-order valence-electron chi connectivity index (χ3n) is 5.69. The van der Waals surface area contributed by atoms with E-state index in [0.717, 1.165) is 0 Å². The minimum atomic E-state index is -1.07. The number of aliphatic carboxylic acids is 1. The highest BCUT2D eigenvalue weighted by molar-refractivity contribution is 5.94. The smallest absolute Gasteiger partial charge is 0.326 e. The summed E-state index contributed by atoms with van der Waals surface area (Å²) in [5.41, 5.74) is 16.6. The molecule has 1 heterocycles. The number of carboxylic acid groups (broad SMARTS) is 1. The Morgan fingerprint density at radius 1 is 1.16 bits per heavy atom. The molecule has 12 heteroatoms. The van der Waals surface area contributed by atoms with Gasteiger partial charge >= 0.3 is 5.97 Å². The predicted octanol–water partition coefficient (Wildman–Crippen LogP) is -1.52. The predicted molar refractivity (Wildman–Crippen MR) is 119 cm³/mol. The fourth-order valence-electron chi connectivity index (χ4n) is 3.46. The van der Waals surface area contributed by atoms with Gasteiger partial charge in [0.05, 0.1) is 6.04 Å². The first-order valence-electron chi connectivity index (χ1n) is 10.9. The first-order chi connectivity index (χ1) is 15.0. The van der Waals surface area contributed by atoms with Crippen LogP contribution in [0.25, 0.3) is 0 Å². The summed E-state index contributed by atoms with van der Waals surface area (Å²) in [6.45, 7) is 5.82. The quantitative estimate of drug-likeness (QED) is 0.115. The summed E-state index contributed by atoms with van der Waals surface area (Å²) in [6, 6.07) is -3.59. The van der Waals surface area contributed by atoms with Crippen molar-refractivity contribution in [2.75, 3.05) is 13.1 Å². The van der Waals surface area contributed by atoms with Crippen LogP contribution in [0.15, 0.2) is 4.99 Å². The second-order valence-corrected chi connectivity index (χ2v) is 8.18. The highest BCUT2D eigenvalue weighted by Gasteiger charge is 2.37. The Bertz CT molecular complexity index is 710. The molecule has 1 saturated heterocycles. The fourth-order valence-corrected chi connectivity index (χ4v) is 3.46. The average Bonchev–Trinajstić information content (AvgIpc) is 3.23. The Morgan fingerprint density at radius 3 is 2.38 bits per heavy atom. The third kappa shape index (κ3) is 7.98. The van der Waals surface area contributed by atoms with Crippen LogP contribution in [0.3, 0.4) is 0 Å². The van der Waals surface area contributed by atoms with E-state index in [2.05, 4.69) is 15.6 Å². The molecule has 0 aliphatic carbocycles. The number of carbonyl (C=O) groups is 4. The summed E-state index contributed by atoms with van der Waals surface area (Å²) in [6.07, 6.45) is 2.29. The lowest BCUT2D eigenvalue weighted by molar-refractivity contribution is -0.149. The second-order valence-electron chi connectivity index (χ2n) is 8.18. The molecular weight excluding hydrogens is 418 g/mol. The molecular formula is C20H37N7O5. The molecule has 182 valence electrons. The number of rotatable bonds is 12. The van der Waals surface area contributed by atoms with Crippen LogP contribution in [-0.4, -0.2) is 76.9 Å². The van der Waals surface area contributed by atoms with E-state index in [9.17, 15) is 24.3 Å². The standard InChI is InChI=1S/C20H37N7O5/c1-4-11(2)15(21)17(29)26-13(7-5-9-24-20(22)23)16(28)25-12(3)18(30)27-10-6-8-14(27)19(31)32/h11-15H,4-10,21H2,1-3H3,(H,25,28)(H,26,29)(H,31,32)(H4,22,23,24). The number of aliphatic imine (C=N–C) groups is 1. The SMILES string of the molecule is CCC(C)C(N)C(=O)NC(CCCN=C(N)N)C(=O)NC(C)C(=O)N1CCCC1C(=O)O. The van der Waals surface area contributed by atoms with Crippen molar-refractivity contribution >= 4 is 29.7 Å². The van der Waals surface area contributed by atoms with Crippen LogP contribution >= 0.6 is 0 Å². The van der Waals surface area contributed by atoms with Gasteiger partial charge < -0.3 is 37.8 Å². The summed E-state index contributed by atoms with van der Waals surface area (Å²) in [5, 5.41) is 14.5. The zero-order chi connectivity index (χ0) is 24.4. The molecule has 9 N–H and O–H groups in total. The zero-order valence-corrected chi connectivity index (χ0v) is 19.0. The number of likely N-dealkylation sites (tertiary alicyclic amines) is 1. The van der Waals surface area contributed by atoms with E-state index in [1.165, 1.54) is 11.8 Å². The van der Waals surface area contributed by atoms with E-state index >= 15 is 0 Å². The number of guanidine groups is 1. The summed E-state index contributed by atoms with van der Waals surface area (Å²) in [4.78, 5) is 54.6. The summed E-state index contributed by atoms with van der Waals surface area (Å²) >= 11 is 0. The molecule has 5 atom stereocenters. The normalized spacial score (nSPS) is 19.4. The van der Waals surface area contributed by atoms with Gasteiger partial charge in [-0.2, -0.15) is 0 Å². The Morgan fingerprint density at radius 2 is 1.81 bits per heavy atom. The lowest BCUT2D eigenvalue weighted by Crippen LogP contribution is -2.57. The number of amides is 3. The maximum atomic E-state index is 12.9. The average molecular weight is 456 g/mol. The van der Waals surface area contributed by atoms with Gasteiger partial charge in [0.2, 0.25) is 17.7 Å². The molecule has 0 aromatic heterocycles. The Hall–Kier alpha value is -2.89. The molecule has 0 aromatic rings. The van der Waals surface area contributed by atoms with Crippen molar-refractivity contribution in [3.63, 3.8) is 0 Å². The van der Waals surface area contributed by atoms with E-state index < -0.39 is 47.9 Å². The molecule has 1 aliphatic heterocycles. The summed E-state index contributed by atoms with van der Waals surface area (Å²) in [7, 11) is 0. The van der Waals surface area contributed by atoms with E-state index in [4.69, 9.17) is 17.2 Å². The highest BCUT2D eigenvalue weighted by Crippen LogP contribution is 2.18. The number of hydrogen-bond donors (Lipinski definition) is 6. The molecule has 12 nitrogen and oxygen atoms in total. The lowest BCUT2D eigenvalue weighted by Gasteiger charge is -2.27.